The van der Waals surface area contributed by atoms with Gasteiger partial charge in [0, 0.05) is 17.2 Å². The van der Waals surface area contributed by atoms with E-state index in [1.165, 1.54) is 5.69 Å². The quantitative estimate of drug-likeness (QED) is 0.768. The molecule has 0 aliphatic carbocycles. The van der Waals surface area contributed by atoms with Crippen molar-refractivity contribution >= 4 is 21.6 Å². The molecule has 74 valence electrons. The minimum atomic E-state index is 0.562. The second kappa shape index (κ2) is 4.13. The van der Waals surface area contributed by atoms with E-state index in [0.717, 1.165) is 18.5 Å². The van der Waals surface area contributed by atoms with Crippen molar-refractivity contribution in [3.63, 3.8) is 0 Å². The van der Waals surface area contributed by atoms with Crippen LogP contribution in [0.25, 0.3) is 5.65 Å². The van der Waals surface area contributed by atoms with Crippen LogP contribution in [0.1, 0.15) is 19.0 Å². The Balaban J connectivity index is 2.19. The lowest BCUT2D eigenvalue weighted by atomic mass is 10.2. The van der Waals surface area contributed by atoms with Crippen molar-refractivity contribution < 1.29 is 0 Å². The molecular formula is C11H13BrN2. The standard InChI is InChI=1S/C11H13BrN2/c1-9(12)5-6-10-8-14-7-3-2-4-11(14)13-10/h2-4,7-9H,5-6H2,1H3. The van der Waals surface area contributed by atoms with Gasteiger partial charge in [0.25, 0.3) is 0 Å². The van der Waals surface area contributed by atoms with Gasteiger partial charge in [0.15, 0.2) is 0 Å². The molecule has 0 bridgehead atoms. The lowest BCUT2D eigenvalue weighted by Gasteiger charge is -1.98. The van der Waals surface area contributed by atoms with Crippen molar-refractivity contribution in [1.29, 1.82) is 0 Å². The molecule has 0 spiro atoms. The predicted molar refractivity (Wildman–Crippen MR) is 61.9 cm³/mol. The largest absolute Gasteiger partial charge is 0.307 e. The van der Waals surface area contributed by atoms with E-state index in [-0.39, 0.29) is 0 Å². The summed E-state index contributed by atoms with van der Waals surface area (Å²) in [6, 6.07) is 6.06. The maximum Gasteiger partial charge on any atom is 0.136 e. The average Bonchev–Trinajstić information content (AvgIpc) is 2.57. The molecule has 0 saturated heterocycles. The number of halogens is 1. The number of alkyl halides is 1. The number of hydrogen-bond donors (Lipinski definition) is 0. The summed E-state index contributed by atoms with van der Waals surface area (Å²) in [4.78, 5) is 5.09. The van der Waals surface area contributed by atoms with Gasteiger partial charge in [0.05, 0.1) is 5.69 Å². The summed E-state index contributed by atoms with van der Waals surface area (Å²) in [7, 11) is 0. The topological polar surface area (TPSA) is 17.3 Å². The van der Waals surface area contributed by atoms with Crippen molar-refractivity contribution in [2.75, 3.05) is 0 Å². The van der Waals surface area contributed by atoms with Crippen LogP contribution in [-0.4, -0.2) is 14.2 Å². The Morgan fingerprint density at radius 1 is 1.50 bits per heavy atom. The van der Waals surface area contributed by atoms with Gasteiger partial charge in [-0.1, -0.05) is 28.9 Å². The third-order valence-corrected chi connectivity index (χ3v) is 2.67. The van der Waals surface area contributed by atoms with Crippen molar-refractivity contribution in [2.45, 2.75) is 24.6 Å². The fourth-order valence-corrected chi connectivity index (χ4v) is 1.68. The van der Waals surface area contributed by atoms with E-state index in [4.69, 9.17) is 0 Å². The molecule has 14 heavy (non-hydrogen) atoms. The fraction of sp³-hybridized carbons (Fsp3) is 0.364. The molecule has 2 nitrogen and oxygen atoms in total. The third kappa shape index (κ3) is 2.15. The SMILES string of the molecule is CC(Br)CCc1cn2ccccc2n1. The van der Waals surface area contributed by atoms with Gasteiger partial charge in [0.2, 0.25) is 0 Å². The minimum absolute atomic E-state index is 0.562. The summed E-state index contributed by atoms with van der Waals surface area (Å²) in [5.74, 6) is 0. The van der Waals surface area contributed by atoms with Gasteiger partial charge in [-0.05, 0) is 25.0 Å². The number of pyridine rings is 1. The Morgan fingerprint density at radius 3 is 3.07 bits per heavy atom. The lowest BCUT2D eigenvalue weighted by Crippen LogP contribution is -1.93. The van der Waals surface area contributed by atoms with Crippen LogP contribution in [0.2, 0.25) is 0 Å². The number of aryl methyl sites for hydroxylation is 1. The van der Waals surface area contributed by atoms with Crippen molar-refractivity contribution in [3.05, 3.63) is 36.3 Å². The third-order valence-electron chi connectivity index (χ3n) is 2.21. The lowest BCUT2D eigenvalue weighted by molar-refractivity contribution is 0.806. The highest BCUT2D eigenvalue weighted by Gasteiger charge is 2.02. The van der Waals surface area contributed by atoms with E-state index >= 15 is 0 Å². The van der Waals surface area contributed by atoms with Crippen LogP contribution >= 0.6 is 15.9 Å². The Bertz CT molecular complexity index is 387. The normalized spacial score (nSPS) is 13.3. The van der Waals surface area contributed by atoms with E-state index in [0.29, 0.717) is 4.83 Å². The minimum Gasteiger partial charge on any atom is -0.307 e. The van der Waals surface area contributed by atoms with E-state index in [9.17, 15) is 0 Å². The van der Waals surface area contributed by atoms with Crippen LogP contribution in [0.3, 0.4) is 0 Å². The molecule has 0 radical (unpaired) electrons. The summed E-state index contributed by atoms with van der Waals surface area (Å²) in [5, 5.41) is 0. The fourth-order valence-electron chi connectivity index (χ4n) is 1.45. The van der Waals surface area contributed by atoms with Crippen LogP contribution < -0.4 is 0 Å². The molecule has 2 rings (SSSR count). The summed E-state index contributed by atoms with van der Waals surface area (Å²) in [5.41, 5.74) is 2.20. The number of imidazole rings is 1. The Kier molecular flexibility index (Phi) is 2.87. The van der Waals surface area contributed by atoms with Gasteiger partial charge in [-0.25, -0.2) is 4.98 Å². The average molecular weight is 253 g/mol. The first-order valence-electron chi connectivity index (χ1n) is 4.82. The zero-order valence-corrected chi connectivity index (χ0v) is 9.74. The monoisotopic (exact) mass is 252 g/mol. The van der Waals surface area contributed by atoms with Crippen molar-refractivity contribution in [3.8, 4) is 0 Å². The maximum absolute atomic E-state index is 4.53. The van der Waals surface area contributed by atoms with Gasteiger partial charge in [-0.15, -0.1) is 0 Å². The summed E-state index contributed by atoms with van der Waals surface area (Å²) >= 11 is 3.54. The zero-order chi connectivity index (χ0) is 9.97. The second-order valence-electron chi connectivity index (χ2n) is 3.52. The highest BCUT2D eigenvalue weighted by atomic mass is 79.9. The van der Waals surface area contributed by atoms with Crippen LogP contribution in [-0.2, 0) is 6.42 Å². The van der Waals surface area contributed by atoms with E-state index in [2.05, 4.69) is 38.4 Å². The molecule has 1 unspecified atom stereocenters. The molecule has 0 N–H and O–H groups in total. The predicted octanol–water partition coefficient (Wildman–Crippen LogP) is 3.05. The molecule has 2 heterocycles. The van der Waals surface area contributed by atoms with Gasteiger partial charge in [-0.2, -0.15) is 0 Å². The van der Waals surface area contributed by atoms with Gasteiger partial charge in [-0.3, -0.25) is 0 Å². The van der Waals surface area contributed by atoms with E-state index < -0.39 is 0 Å². The van der Waals surface area contributed by atoms with Crippen molar-refractivity contribution in [2.24, 2.45) is 0 Å². The first kappa shape index (κ1) is 9.71. The van der Waals surface area contributed by atoms with Gasteiger partial charge < -0.3 is 4.40 Å². The first-order valence-corrected chi connectivity index (χ1v) is 5.74. The van der Waals surface area contributed by atoms with Crippen molar-refractivity contribution in [1.82, 2.24) is 9.38 Å². The molecule has 3 heteroatoms. The molecule has 0 aliphatic heterocycles. The maximum atomic E-state index is 4.53. The van der Waals surface area contributed by atoms with Crippen LogP contribution in [0.15, 0.2) is 30.6 Å². The van der Waals surface area contributed by atoms with E-state index in [1.807, 2.05) is 24.4 Å². The number of aromatic nitrogens is 2. The molecule has 0 fully saturated rings. The number of rotatable bonds is 3. The summed E-state index contributed by atoms with van der Waals surface area (Å²) in [6.07, 6.45) is 6.30. The van der Waals surface area contributed by atoms with E-state index in [1.54, 1.807) is 0 Å². The summed E-state index contributed by atoms with van der Waals surface area (Å²) < 4.78 is 2.06. The van der Waals surface area contributed by atoms with Crippen LogP contribution in [0.4, 0.5) is 0 Å². The Morgan fingerprint density at radius 2 is 2.36 bits per heavy atom. The highest BCUT2D eigenvalue weighted by Crippen LogP contribution is 2.10. The molecule has 2 aromatic rings. The second-order valence-corrected chi connectivity index (χ2v) is 5.08. The van der Waals surface area contributed by atoms with Gasteiger partial charge >= 0.3 is 0 Å². The number of hydrogen-bond acceptors (Lipinski definition) is 1. The molecule has 0 aromatic carbocycles. The smallest absolute Gasteiger partial charge is 0.136 e. The Labute approximate surface area is 92.1 Å². The van der Waals surface area contributed by atoms with Crippen LogP contribution in [0, 0.1) is 0 Å². The summed E-state index contributed by atoms with van der Waals surface area (Å²) in [6.45, 7) is 2.16. The first-order chi connectivity index (χ1) is 6.75. The number of nitrogens with zero attached hydrogens (tertiary/aromatic N) is 2. The molecule has 0 aliphatic rings. The molecular weight excluding hydrogens is 240 g/mol. The highest BCUT2D eigenvalue weighted by molar-refractivity contribution is 9.09. The Hall–Kier alpha value is -0.830. The molecule has 0 amide bonds. The van der Waals surface area contributed by atoms with Gasteiger partial charge in [0.1, 0.15) is 5.65 Å². The zero-order valence-electron chi connectivity index (χ0n) is 8.15. The molecule has 1 atom stereocenters. The molecule has 0 saturated carbocycles. The number of fused-ring (bicyclic) bond motifs is 1. The van der Waals surface area contributed by atoms with Crippen LogP contribution in [0.5, 0.6) is 0 Å². The molecule has 2 aromatic heterocycles.